The molecule has 1 amide bonds. The van der Waals surface area contributed by atoms with E-state index in [0.717, 1.165) is 26.2 Å². The standard InChI is InChI=1S/C22H31N3O2/c26-22(23-7-9-27-10-8-23)16-25-14-17-5-6-20(25)15-24(13-17)21-11-18-3-1-2-4-19(18)12-21/h1-4,17,20-21H,5-16H2/t17-,20+/m0/s1. The molecule has 0 aromatic heterocycles. The zero-order chi connectivity index (χ0) is 18.2. The van der Waals surface area contributed by atoms with Crippen LogP contribution >= 0.6 is 0 Å². The second kappa shape index (κ2) is 7.53. The predicted molar refractivity (Wildman–Crippen MR) is 105 cm³/mol. The van der Waals surface area contributed by atoms with Gasteiger partial charge in [0.2, 0.25) is 5.91 Å². The molecule has 0 radical (unpaired) electrons. The zero-order valence-corrected chi connectivity index (χ0v) is 16.2. The molecule has 2 atom stereocenters. The van der Waals surface area contributed by atoms with Crippen molar-refractivity contribution in [3.63, 3.8) is 0 Å². The molecular weight excluding hydrogens is 338 g/mol. The number of ether oxygens (including phenoxy) is 1. The van der Waals surface area contributed by atoms with E-state index in [-0.39, 0.29) is 0 Å². The van der Waals surface area contributed by atoms with Gasteiger partial charge in [0, 0.05) is 44.8 Å². The van der Waals surface area contributed by atoms with E-state index < -0.39 is 0 Å². The lowest BCUT2D eigenvalue weighted by molar-refractivity contribution is -0.137. The minimum Gasteiger partial charge on any atom is -0.378 e. The van der Waals surface area contributed by atoms with Gasteiger partial charge in [-0.3, -0.25) is 14.6 Å². The van der Waals surface area contributed by atoms with Gasteiger partial charge in [-0.2, -0.15) is 0 Å². The number of carbonyl (C=O) groups excluding carboxylic acids is 1. The maximum Gasteiger partial charge on any atom is 0.236 e. The van der Waals surface area contributed by atoms with Gasteiger partial charge in [0.25, 0.3) is 0 Å². The summed E-state index contributed by atoms with van der Waals surface area (Å²) in [5.74, 6) is 1.01. The monoisotopic (exact) mass is 369 g/mol. The highest BCUT2D eigenvalue weighted by Gasteiger charge is 2.39. The van der Waals surface area contributed by atoms with Crippen molar-refractivity contribution < 1.29 is 9.53 Å². The Labute approximate surface area is 162 Å². The Morgan fingerprint density at radius 1 is 0.963 bits per heavy atom. The first-order chi connectivity index (χ1) is 13.3. The second-order valence-electron chi connectivity index (χ2n) is 8.80. The van der Waals surface area contributed by atoms with Crippen LogP contribution in [0.5, 0.6) is 0 Å². The SMILES string of the molecule is O=C(CN1C[C@H]2CC[C@@H]1CN(C1Cc3ccccc3C1)C2)N1CCOCC1. The first-order valence-corrected chi connectivity index (χ1v) is 10.7. The fourth-order valence-electron chi connectivity index (χ4n) is 5.59. The van der Waals surface area contributed by atoms with Crippen molar-refractivity contribution in [2.75, 3.05) is 52.5 Å². The summed E-state index contributed by atoms with van der Waals surface area (Å²) >= 11 is 0. The van der Waals surface area contributed by atoms with E-state index in [0.29, 0.717) is 43.7 Å². The quantitative estimate of drug-likeness (QED) is 0.807. The van der Waals surface area contributed by atoms with Crippen LogP contribution in [0.15, 0.2) is 24.3 Å². The van der Waals surface area contributed by atoms with Crippen molar-refractivity contribution in [2.24, 2.45) is 5.92 Å². The van der Waals surface area contributed by atoms with Gasteiger partial charge in [-0.25, -0.2) is 0 Å². The molecule has 5 nitrogen and oxygen atoms in total. The second-order valence-corrected chi connectivity index (χ2v) is 8.80. The Kier molecular flexibility index (Phi) is 4.92. The number of morpholine rings is 1. The van der Waals surface area contributed by atoms with E-state index in [1.807, 2.05) is 4.90 Å². The van der Waals surface area contributed by atoms with Crippen LogP contribution < -0.4 is 0 Å². The van der Waals surface area contributed by atoms with Crippen LogP contribution in [0, 0.1) is 5.92 Å². The lowest BCUT2D eigenvalue weighted by Crippen LogP contribution is -2.51. The molecule has 146 valence electrons. The lowest BCUT2D eigenvalue weighted by Gasteiger charge is -2.37. The number of hydrogen-bond acceptors (Lipinski definition) is 4. The van der Waals surface area contributed by atoms with Gasteiger partial charge in [0.15, 0.2) is 0 Å². The van der Waals surface area contributed by atoms with Crippen molar-refractivity contribution in [3.05, 3.63) is 35.4 Å². The number of nitrogens with zero attached hydrogens (tertiary/aromatic N) is 3. The van der Waals surface area contributed by atoms with E-state index in [1.165, 1.54) is 32.2 Å². The molecule has 5 aliphatic rings. The molecule has 0 N–H and O–H groups in total. The molecule has 27 heavy (non-hydrogen) atoms. The molecule has 6 rings (SSSR count). The zero-order valence-electron chi connectivity index (χ0n) is 16.2. The summed E-state index contributed by atoms with van der Waals surface area (Å²) in [5.41, 5.74) is 3.08. The number of rotatable bonds is 3. The summed E-state index contributed by atoms with van der Waals surface area (Å²) in [6, 6.07) is 10.1. The van der Waals surface area contributed by atoms with Gasteiger partial charge in [0.1, 0.15) is 0 Å². The van der Waals surface area contributed by atoms with Crippen molar-refractivity contribution in [1.29, 1.82) is 0 Å². The van der Waals surface area contributed by atoms with E-state index >= 15 is 0 Å². The molecule has 0 saturated carbocycles. The van der Waals surface area contributed by atoms with E-state index in [2.05, 4.69) is 34.1 Å². The Hall–Kier alpha value is -1.43. The summed E-state index contributed by atoms with van der Waals surface area (Å²) < 4.78 is 5.39. The molecule has 0 spiro atoms. The number of benzene rings is 1. The summed E-state index contributed by atoms with van der Waals surface area (Å²) in [7, 11) is 0. The van der Waals surface area contributed by atoms with Gasteiger partial charge in [-0.1, -0.05) is 24.3 Å². The summed E-state index contributed by atoms with van der Waals surface area (Å²) in [4.78, 5) is 20.0. The first kappa shape index (κ1) is 17.7. The van der Waals surface area contributed by atoms with Crippen LogP contribution in [0.3, 0.4) is 0 Å². The summed E-state index contributed by atoms with van der Waals surface area (Å²) in [6.45, 7) is 6.92. The molecule has 1 aromatic carbocycles. The fraction of sp³-hybridized carbons (Fsp3) is 0.682. The summed E-state index contributed by atoms with van der Waals surface area (Å²) in [5, 5.41) is 0. The highest BCUT2D eigenvalue weighted by atomic mass is 16.5. The molecule has 0 unspecified atom stereocenters. The molecular formula is C22H31N3O2. The molecule has 4 saturated heterocycles. The third kappa shape index (κ3) is 3.65. The topological polar surface area (TPSA) is 36.0 Å². The van der Waals surface area contributed by atoms with Crippen LogP contribution in [-0.2, 0) is 22.4 Å². The molecule has 1 aliphatic carbocycles. The Morgan fingerprint density at radius 2 is 1.70 bits per heavy atom. The summed E-state index contributed by atoms with van der Waals surface area (Å²) in [6.07, 6.45) is 4.96. The van der Waals surface area contributed by atoms with Crippen LogP contribution in [0.1, 0.15) is 24.0 Å². The number of piperidine rings is 1. The minimum atomic E-state index is 0.297. The van der Waals surface area contributed by atoms with Gasteiger partial charge < -0.3 is 9.64 Å². The highest BCUT2D eigenvalue weighted by molar-refractivity contribution is 5.78. The van der Waals surface area contributed by atoms with E-state index in [1.54, 1.807) is 11.1 Å². The molecule has 5 heteroatoms. The average Bonchev–Trinajstić information content (AvgIpc) is 2.93. The Balaban J connectivity index is 1.23. The van der Waals surface area contributed by atoms with Crippen LogP contribution in [0.4, 0.5) is 0 Å². The maximum absolute atomic E-state index is 12.8. The van der Waals surface area contributed by atoms with Crippen molar-refractivity contribution in [3.8, 4) is 0 Å². The predicted octanol–water partition coefficient (Wildman–Crippen LogP) is 1.41. The minimum absolute atomic E-state index is 0.297. The van der Waals surface area contributed by atoms with Crippen molar-refractivity contribution in [1.82, 2.24) is 14.7 Å². The van der Waals surface area contributed by atoms with Crippen LogP contribution in [0.25, 0.3) is 0 Å². The highest BCUT2D eigenvalue weighted by Crippen LogP contribution is 2.33. The third-order valence-electron chi connectivity index (χ3n) is 7.10. The van der Waals surface area contributed by atoms with E-state index in [4.69, 9.17) is 4.74 Å². The Bertz CT molecular complexity index is 663. The fourth-order valence-corrected chi connectivity index (χ4v) is 5.59. The number of fused-ring (bicyclic) bond motifs is 5. The number of hydrogen-bond donors (Lipinski definition) is 0. The van der Waals surface area contributed by atoms with Gasteiger partial charge in [-0.05, 0) is 42.7 Å². The largest absolute Gasteiger partial charge is 0.378 e. The van der Waals surface area contributed by atoms with E-state index in [9.17, 15) is 4.79 Å². The van der Waals surface area contributed by atoms with Crippen molar-refractivity contribution >= 4 is 5.91 Å². The third-order valence-corrected chi connectivity index (χ3v) is 7.10. The molecule has 4 fully saturated rings. The first-order valence-electron chi connectivity index (χ1n) is 10.7. The smallest absolute Gasteiger partial charge is 0.236 e. The maximum atomic E-state index is 12.8. The van der Waals surface area contributed by atoms with Gasteiger partial charge >= 0.3 is 0 Å². The van der Waals surface area contributed by atoms with Gasteiger partial charge in [0.05, 0.1) is 19.8 Å². The number of carbonyl (C=O) groups is 1. The van der Waals surface area contributed by atoms with Crippen molar-refractivity contribution in [2.45, 2.75) is 37.8 Å². The lowest BCUT2D eigenvalue weighted by atomic mass is 9.95. The Morgan fingerprint density at radius 3 is 2.44 bits per heavy atom. The normalized spacial score (nSPS) is 29.7. The molecule has 4 aliphatic heterocycles. The van der Waals surface area contributed by atoms with Crippen LogP contribution in [0.2, 0.25) is 0 Å². The van der Waals surface area contributed by atoms with Crippen LogP contribution in [-0.4, -0.2) is 85.2 Å². The average molecular weight is 370 g/mol. The van der Waals surface area contributed by atoms with Gasteiger partial charge in [-0.15, -0.1) is 0 Å². The molecule has 1 aromatic rings. The molecule has 2 bridgehead atoms. The number of amides is 1. The molecule has 4 heterocycles.